The normalized spacial score (nSPS) is 10.5. The predicted molar refractivity (Wildman–Crippen MR) is 49.8 cm³/mol. The molecule has 0 saturated carbocycles. The highest BCUT2D eigenvalue weighted by Crippen LogP contribution is 2.21. The summed E-state index contributed by atoms with van der Waals surface area (Å²) < 4.78 is 0.908. The van der Waals surface area contributed by atoms with Crippen molar-refractivity contribution < 1.29 is 0 Å². The van der Waals surface area contributed by atoms with Gasteiger partial charge in [-0.05, 0) is 22.9 Å². The standard InChI is InChI=1S/C8H6BrN3/c1-5-6-2-10-4-12-8(6)7(9)3-11-5/h2-4H,1H3. The number of fused-ring (bicyclic) bond motifs is 1. The van der Waals surface area contributed by atoms with E-state index in [2.05, 4.69) is 30.9 Å². The van der Waals surface area contributed by atoms with Crippen molar-refractivity contribution in [3.05, 3.63) is 28.9 Å². The summed E-state index contributed by atoms with van der Waals surface area (Å²) >= 11 is 3.38. The number of nitrogens with zero attached hydrogens (tertiary/aromatic N) is 3. The lowest BCUT2D eigenvalue weighted by Gasteiger charge is -2.00. The molecule has 0 saturated heterocycles. The molecule has 0 aliphatic carbocycles. The molecule has 0 atom stereocenters. The zero-order valence-electron chi connectivity index (χ0n) is 6.45. The van der Waals surface area contributed by atoms with Crippen LogP contribution in [0.15, 0.2) is 23.2 Å². The molecule has 0 aromatic carbocycles. The number of halogens is 1. The fourth-order valence-electron chi connectivity index (χ4n) is 1.07. The van der Waals surface area contributed by atoms with Gasteiger partial charge in [0.2, 0.25) is 0 Å². The van der Waals surface area contributed by atoms with E-state index in [1.807, 2.05) is 6.92 Å². The van der Waals surface area contributed by atoms with Crippen LogP contribution in [0.25, 0.3) is 10.9 Å². The van der Waals surface area contributed by atoms with Gasteiger partial charge in [0.25, 0.3) is 0 Å². The van der Waals surface area contributed by atoms with E-state index in [0.717, 1.165) is 21.1 Å². The van der Waals surface area contributed by atoms with Crippen LogP contribution in [0.4, 0.5) is 0 Å². The molecule has 0 amide bonds. The average Bonchev–Trinajstić information content (AvgIpc) is 2.12. The molecule has 60 valence electrons. The van der Waals surface area contributed by atoms with Crippen molar-refractivity contribution in [3.63, 3.8) is 0 Å². The first kappa shape index (κ1) is 7.61. The van der Waals surface area contributed by atoms with Gasteiger partial charge in [0, 0.05) is 23.5 Å². The molecular formula is C8H6BrN3. The van der Waals surface area contributed by atoms with Crippen LogP contribution in [0.2, 0.25) is 0 Å². The molecule has 0 bridgehead atoms. The van der Waals surface area contributed by atoms with Gasteiger partial charge in [-0.1, -0.05) is 0 Å². The Labute approximate surface area is 78.0 Å². The van der Waals surface area contributed by atoms with Crippen LogP contribution >= 0.6 is 15.9 Å². The van der Waals surface area contributed by atoms with Crippen LogP contribution in [-0.2, 0) is 0 Å². The van der Waals surface area contributed by atoms with E-state index in [-0.39, 0.29) is 0 Å². The van der Waals surface area contributed by atoms with Crippen LogP contribution in [0, 0.1) is 6.92 Å². The Morgan fingerprint density at radius 3 is 2.83 bits per heavy atom. The summed E-state index contributed by atoms with van der Waals surface area (Å²) in [5, 5.41) is 0.992. The second-order valence-corrected chi connectivity index (χ2v) is 3.33. The highest BCUT2D eigenvalue weighted by molar-refractivity contribution is 9.10. The minimum Gasteiger partial charge on any atom is -0.260 e. The van der Waals surface area contributed by atoms with Crippen LogP contribution < -0.4 is 0 Å². The molecule has 2 aromatic heterocycles. The predicted octanol–water partition coefficient (Wildman–Crippen LogP) is 2.10. The molecule has 4 heteroatoms. The number of rotatable bonds is 0. The summed E-state index contributed by atoms with van der Waals surface area (Å²) in [6, 6.07) is 0. The number of pyridine rings is 1. The Bertz CT molecular complexity index is 387. The van der Waals surface area contributed by atoms with Crippen molar-refractivity contribution >= 4 is 26.8 Å². The maximum atomic E-state index is 4.18. The fraction of sp³-hybridized carbons (Fsp3) is 0.125. The molecule has 2 heterocycles. The Morgan fingerprint density at radius 1 is 1.25 bits per heavy atom. The van der Waals surface area contributed by atoms with Gasteiger partial charge in [0.1, 0.15) is 6.33 Å². The summed E-state index contributed by atoms with van der Waals surface area (Å²) in [6.45, 7) is 1.94. The SMILES string of the molecule is Cc1ncc(Br)c2ncncc12. The first-order chi connectivity index (χ1) is 5.79. The van der Waals surface area contributed by atoms with Gasteiger partial charge in [0.15, 0.2) is 0 Å². The summed E-state index contributed by atoms with van der Waals surface area (Å²) in [4.78, 5) is 12.3. The third kappa shape index (κ3) is 1.08. The maximum absolute atomic E-state index is 4.18. The minimum absolute atomic E-state index is 0.908. The second-order valence-electron chi connectivity index (χ2n) is 2.48. The van der Waals surface area contributed by atoms with Crippen molar-refractivity contribution in [2.24, 2.45) is 0 Å². The summed E-state index contributed by atoms with van der Waals surface area (Å²) in [5.74, 6) is 0. The molecule has 12 heavy (non-hydrogen) atoms. The number of hydrogen-bond acceptors (Lipinski definition) is 3. The Balaban J connectivity index is 2.95. The van der Waals surface area contributed by atoms with Crippen LogP contribution in [0.5, 0.6) is 0 Å². The highest BCUT2D eigenvalue weighted by Gasteiger charge is 2.02. The quantitative estimate of drug-likeness (QED) is 0.687. The molecule has 0 spiro atoms. The van der Waals surface area contributed by atoms with Crippen molar-refractivity contribution in [2.75, 3.05) is 0 Å². The number of hydrogen-bond donors (Lipinski definition) is 0. The molecule has 0 aliphatic rings. The second kappa shape index (κ2) is 2.79. The van der Waals surface area contributed by atoms with Gasteiger partial charge < -0.3 is 0 Å². The van der Waals surface area contributed by atoms with E-state index in [1.54, 1.807) is 12.4 Å². The first-order valence-corrected chi connectivity index (χ1v) is 4.29. The van der Waals surface area contributed by atoms with E-state index in [1.165, 1.54) is 6.33 Å². The van der Waals surface area contributed by atoms with Crippen molar-refractivity contribution in [1.82, 2.24) is 15.0 Å². The van der Waals surface area contributed by atoms with Gasteiger partial charge in [-0.2, -0.15) is 0 Å². The van der Waals surface area contributed by atoms with Gasteiger partial charge in [-0.3, -0.25) is 4.98 Å². The Morgan fingerprint density at radius 2 is 2.08 bits per heavy atom. The lowest BCUT2D eigenvalue weighted by molar-refractivity contribution is 1.16. The van der Waals surface area contributed by atoms with E-state index in [9.17, 15) is 0 Å². The minimum atomic E-state index is 0.908. The topological polar surface area (TPSA) is 38.7 Å². The van der Waals surface area contributed by atoms with E-state index in [4.69, 9.17) is 0 Å². The molecule has 0 N–H and O–H groups in total. The van der Waals surface area contributed by atoms with Gasteiger partial charge >= 0.3 is 0 Å². The molecule has 0 aliphatic heterocycles. The third-order valence-electron chi connectivity index (χ3n) is 1.70. The molecule has 0 unspecified atom stereocenters. The van der Waals surface area contributed by atoms with Gasteiger partial charge in [0.05, 0.1) is 9.99 Å². The Kier molecular flexibility index (Phi) is 1.77. The maximum Gasteiger partial charge on any atom is 0.116 e. The molecule has 2 aromatic rings. The van der Waals surface area contributed by atoms with Crippen LogP contribution in [0.1, 0.15) is 5.69 Å². The third-order valence-corrected chi connectivity index (χ3v) is 2.28. The lowest BCUT2D eigenvalue weighted by atomic mass is 10.2. The number of aryl methyl sites for hydroxylation is 1. The largest absolute Gasteiger partial charge is 0.260 e. The summed E-state index contributed by atoms with van der Waals surface area (Å²) in [5.41, 5.74) is 1.87. The smallest absolute Gasteiger partial charge is 0.116 e. The van der Waals surface area contributed by atoms with Crippen LogP contribution in [-0.4, -0.2) is 15.0 Å². The first-order valence-electron chi connectivity index (χ1n) is 3.50. The van der Waals surface area contributed by atoms with Crippen LogP contribution in [0.3, 0.4) is 0 Å². The monoisotopic (exact) mass is 223 g/mol. The van der Waals surface area contributed by atoms with Crippen molar-refractivity contribution in [1.29, 1.82) is 0 Å². The summed E-state index contributed by atoms with van der Waals surface area (Å²) in [6.07, 6.45) is 5.06. The molecular weight excluding hydrogens is 218 g/mol. The van der Waals surface area contributed by atoms with Gasteiger partial charge in [-0.15, -0.1) is 0 Å². The zero-order valence-corrected chi connectivity index (χ0v) is 8.04. The molecule has 2 rings (SSSR count). The van der Waals surface area contributed by atoms with Crippen molar-refractivity contribution in [3.8, 4) is 0 Å². The highest BCUT2D eigenvalue weighted by atomic mass is 79.9. The fourth-order valence-corrected chi connectivity index (χ4v) is 1.49. The lowest BCUT2D eigenvalue weighted by Crippen LogP contribution is -1.88. The zero-order chi connectivity index (χ0) is 8.55. The molecule has 0 radical (unpaired) electrons. The van der Waals surface area contributed by atoms with Crippen molar-refractivity contribution in [2.45, 2.75) is 6.92 Å². The molecule has 3 nitrogen and oxygen atoms in total. The number of aromatic nitrogens is 3. The Hall–Kier alpha value is -1.03. The summed E-state index contributed by atoms with van der Waals surface area (Å²) in [7, 11) is 0. The van der Waals surface area contributed by atoms with Gasteiger partial charge in [-0.25, -0.2) is 9.97 Å². The average molecular weight is 224 g/mol. The van der Waals surface area contributed by atoms with E-state index in [0.29, 0.717) is 0 Å². The van der Waals surface area contributed by atoms with E-state index < -0.39 is 0 Å². The van der Waals surface area contributed by atoms with E-state index >= 15 is 0 Å². The molecule has 0 fully saturated rings.